The first-order valence-corrected chi connectivity index (χ1v) is 7.13. The van der Waals surface area contributed by atoms with Crippen molar-refractivity contribution in [2.75, 3.05) is 5.73 Å². The van der Waals surface area contributed by atoms with Crippen LogP contribution in [0.2, 0.25) is 0 Å². The van der Waals surface area contributed by atoms with Crippen molar-refractivity contribution < 1.29 is 0 Å². The highest BCUT2D eigenvalue weighted by atomic mass is 79.9. The minimum atomic E-state index is 0.793. The van der Waals surface area contributed by atoms with Crippen LogP contribution in [0.25, 0.3) is 10.9 Å². The van der Waals surface area contributed by atoms with Gasteiger partial charge in [0.15, 0.2) is 0 Å². The van der Waals surface area contributed by atoms with Crippen LogP contribution in [0.1, 0.15) is 0 Å². The summed E-state index contributed by atoms with van der Waals surface area (Å²) >= 11 is 5.22. The largest absolute Gasteiger partial charge is 0.399 e. The van der Waals surface area contributed by atoms with E-state index in [1.807, 2.05) is 30.5 Å². The van der Waals surface area contributed by atoms with E-state index in [2.05, 4.69) is 39.1 Å². The number of aromatic nitrogens is 1. The van der Waals surface area contributed by atoms with Crippen molar-refractivity contribution in [3.05, 3.63) is 53.1 Å². The number of aromatic amines is 1. The molecule has 18 heavy (non-hydrogen) atoms. The maximum absolute atomic E-state index is 5.80. The number of halogens is 1. The lowest BCUT2D eigenvalue weighted by Gasteiger charge is -2.01. The molecule has 3 N–H and O–H groups in total. The molecule has 0 aliphatic rings. The van der Waals surface area contributed by atoms with E-state index in [0.717, 1.165) is 20.6 Å². The Morgan fingerprint density at radius 1 is 1.11 bits per heavy atom. The first-order chi connectivity index (χ1) is 8.72. The molecule has 0 aliphatic carbocycles. The third-order valence-electron chi connectivity index (χ3n) is 2.69. The molecular weight excluding hydrogens is 308 g/mol. The van der Waals surface area contributed by atoms with Crippen LogP contribution in [-0.2, 0) is 0 Å². The summed E-state index contributed by atoms with van der Waals surface area (Å²) in [4.78, 5) is 5.63. The summed E-state index contributed by atoms with van der Waals surface area (Å²) in [6.07, 6.45) is 2.03. The fraction of sp³-hybridized carbons (Fsp3) is 0. The van der Waals surface area contributed by atoms with E-state index in [9.17, 15) is 0 Å². The zero-order chi connectivity index (χ0) is 12.5. The number of hydrogen-bond donors (Lipinski definition) is 2. The predicted octanol–water partition coefficient (Wildman–Crippen LogP) is 4.66. The van der Waals surface area contributed by atoms with Gasteiger partial charge in [-0.25, -0.2) is 0 Å². The summed E-state index contributed by atoms with van der Waals surface area (Å²) in [7, 11) is 0. The number of anilines is 1. The number of rotatable bonds is 2. The van der Waals surface area contributed by atoms with Crippen LogP contribution in [0.15, 0.2) is 62.9 Å². The number of hydrogen-bond acceptors (Lipinski definition) is 2. The van der Waals surface area contributed by atoms with Gasteiger partial charge in [-0.3, -0.25) is 0 Å². The molecule has 90 valence electrons. The zero-order valence-corrected chi connectivity index (χ0v) is 11.9. The van der Waals surface area contributed by atoms with Gasteiger partial charge in [-0.2, -0.15) is 0 Å². The second kappa shape index (κ2) is 4.71. The molecule has 0 aliphatic heterocycles. The van der Waals surface area contributed by atoms with Gasteiger partial charge in [0, 0.05) is 37.1 Å². The summed E-state index contributed by atoms with van der Waals surface area (Å²) in [5.41, 5.74) is 7.73. The Bertz CT molecular complexity index is 706. The van der Waals surface area contributed by atoms with Gasteiger partial charge in [0.05, 0.1) is 0 Å². The van der Waals surface area contributed by atoms with Crippen molar-refractivity contribution in [2.24, 2.45) is 0 Å². The van der Waals surface area contributed by atoms with E-state index >= 15 is 0 Å². The van der Waals surface area contributed by atoms with Gasteiger partial charge < -0.3 is 10.7 Å². The summed E-state index contributed by atoms with van der Waals surface area (Å²) in [5.74, 6) is 0. The molecule has 0 amide bonds. The average molecular weight is 319 g/mol. The molecule has 1 heterocycles. The van der Waals surface area contributed by atoms with Gasteiger partial charge in [-0.05, 0) is 36.4 Å². The van der Waals surface area contributed by atoms with E-state index < -0.39 is 0 Å². The molecule has 2 aromatic carbocycles. The topological polar surface area (TPSA) is 41.8 Å². The van der Waals surface area contributed by atoms with Crippen molar-refractivity contribution in [3.8, 4) is 0 Å². The highest BCUT2D eigenvalue weighted by Crippen LogP contribution is 2.35. The second-order valence-electron chi connectivity index (χ2n) is 4.02. The maximum Gasteiger partial charge on any atom is 0.0466 e. The summed E-state index contributed by atoms with van der Waals surface area (Å²) < 4.78 is 1.09. The highest BCUT2D eigenvalue weighted by molar-refractivity contribution is 9.10. The second-order valence-corrected chi connectivity index (χ2v) is 6.05. The molecule has 1 aromatic heterocycles. The van der Waals surface area contributed by atoms with E-state index in [1.54, 1.807) is 11.8 Å². The van der Waals surface area contributed by atoms with Crippen molar-refractivity contribution >= 4 is 44.3 Å². The molecule has 0 fully saturated rings. The minimum Gasteiger partial charge on any atom is -0.399 e. The van der Waals surface area contributed by atoms with Crippen LogP contribution in [0.3, 0.4) is 0 Å². The van der Waals surface area contributed by atoms with Crippen LogP contribution in [0.5, 0.6) is 0 Å². The van der Waals surface area contributed by atoms with Gasteiger partial charge >= 0.3 is 0 Å². The lowest BCUT2D eigenvalue weighted by Crippen LogP contribution is -1.83. The molecule has 0 unspecified atom stereocenters. The average Bonchev–Trinajstić information content (AvgIpc) is 2.72. The lowest BCUT2D eigenvalue weighted by molar-refractivity contribution is 1.39. The molecule has 3 aromatic rings. The fourth-order valence-electron chi connectivity index (χ4n) is 1.86. The number of H-pyrrole nitrogens is 1. The molecular formula is C14H11BrN2S. The molecule has 0 saturated carbocycles. The summed E-state index contributed by atoms with van der Waals surface area (Å²) in [5, 5.41) is 1.22. The fourth-order valence-corrected chi connectivity index (χ4v) is 3.21. The van der Waals surface area contributed by atoms with Crippen molar-refractivity contribution in [1.82, 2.24) is 4.98 Å². The first-order valence-electron chi connectivity index (χ1n) is 5.52. The zero-order valence-electron chi connectivity index (χ0n) is 9.48. The molecule has 2 nitrogen and oxygen atoms in total. The van der Waals surface area contributed by atoms with Gasteiger partial charge in [-0.15, -0.1) is 0 Å². The predicted molar refractivity (Wildman–Crippen MR) is 81.0 cm³/mol. The SMILES string of the molecule is Nc1cccc(Sc2c[nH]c3ccc(Br)cc23)c1. The summed E-state index contributed by atoms with van der Waals surface area (Å²) in [6.45, 7) is 0. The Morgan fingerprint density at radius 3 is 2.83 bits per heavy atom. The van der Waals surface area contributed by atoms with Crippen LogP contribution < -0.4 is 5.73 Å². The Kier molecular flexibility index (Phi) is 3.06. The van der Waals surface area contributed by atoms with Gasteiger partial charge in [-0.1, -0.05) is 33.8 Å². The Morgan fingerprint density at radius 2 is 2.00 bits per heavy atom. The highest BCUT2D eigenvalue weighted by Gasteiger charge is 2.06. The normalized spacial score (nSPS) is 10.9. The number of nitrogen functional groups attached to an aromatic ring is 1. The van der Waals surface area contributed by atoms with Gasteiger partial charge in [0.1, 0.15) is 0 Å². The van der Waals surface area contributed by atoms with E-state index in [-0.39, 0.29) is 0 Å². The number of benzene rings is 2. The molecule has 0 saturated heterocycles. The monoisotopic (exact) mass is 318 g/mol. The molecule has 3 rings (SSSR count). The van der Waals surface area contributed by atoms with E-state index in [0.29, 0.717) is 0 Å². The number of nitrogens with one attached hydrogen (secondary N) is 1. The van der Waals surface area contributed by atoms with Gasteiger partial charge in [0.25, 0.3) is 0 Å². The van der Waals surface area contributed by atoms with Crippen LogP contribution in [0, 0.1) is 0 Å². The van der Waals surface area contributed by atoms with E-state index in [1.165, 1.54) is 10.3 Å². The summed E-state index contributed by atoms with van der Waals surface area (Å²) in [6, 6.07) is 14.2. The quantitative estimate of drug-likeness (QED) is 0.674. The molecule has 0 bridgehead atoms. The Hall–Kier alpha value is -1.39. The van der Waals surface area contributed by atoms with Gasteiger partial charge in [0.2, 0.25) is 0 Å². The Labute approximate surface area is 118 Å². The third kappa shape index (κ3) is 2.26. The Balaban J connectivity index is 2.02. The molecule has 0 radical (unpaired) electrons. The van der Waals surface area contributed by atoms with Crippen LogP contribution >= 0.6 is 27.7 Å². The minimum absolute atomic E-state index is 0.793. The number of nitrogens with two attached hydrogens (primary N) is 1. The molecule has 0 atom stereocenters. The third-order valence-corrected chi connectivity index (χ3v) is 4.23. The maximum atomic E-state index is 5.80. The van der Waals surface area contributed by atoms with Crippen molar-refractivity contribution in [3.63, 3.8) is 0 Å². The van der Waals surface area contributed by atoms with Crippen molar-refractivity contribution in [1.29, 1.82) is 0 Å². The number of fused-ring (bicyclic) bond motifs is 1. The first kappa shape index (κ1) is 11.7. The standard InChI is InChI=1S/C14H11BrN2S/c15-9-4-5-13-12(6-9)14(8-17-13)18-11-3-1-2-10(16)7-11/h1-8,17H,16H2. The van der Waals surface area contributed by atoms with Crippen LogP contribution in [0.4, 0.5) is 5.69 Å². The lowest BCUT2D eigenvalue weighted by atomic mass is 10.2. The molecule has 4 heteroatoms. The van der Waals surface area contributed by atoms with Crippen molar-refractivity contribution in [2.45, 2.75) is 9.79 Å². The van der Waals surface area contributed by atoms with Crippen LogP contribution in [-0.4, -0.2) is 4.98 Å². The van der Waals surface area contributed by atoms with E-state index in [4.69, 9.17) is 5.73 Å². The molecule has 0 spiro atoms. The smallest absolute Gasteiger partial charge is 0.0466 e.